The van der Waals surface area contributed by atoms with Gasteiger partial charge in [-0.05, 0) is 48.4 Å². The lowest BCUT2D eigenvalue weighted by atomic mass is 9.71. The Morgan fingerprint density at radius 3 is 2.38 bits per heavy atom. The van der Waals surface area contributed by atoms with Gasteiger partial charge in [-0.1, -0.05) is 30.7 Å². The lowest BCUT2D eigenvalue weighted by molar-refractivity contribution is -0.148. The van der Waals surface area contributed by atoms with Gasteiger partial charge in [-0.15, -0.1) is 0 Å². The van der Waals surface area contributed by atoms with Crippen LogP contribution in [0.25, 0.3) is 0 Å². The highest BCUT2D eigenvalue weighted by Gasteiger charge is 2.48. The Morgan fingerprint density at radius 2 is 1.81 bits per heavy atom. The molecule has 1 saturated heterocycles. The van der Waals surface area contributed by atoms with E-state index in [4.69, 9.17) is 11.6 Å². The highest BCUT2D eigenvalue weighted by molar-refractivity contribution is 6.30. The number of piperazine rings is 1. The van der Waals surface area contributed by atoms with Crippen LogP contribution in [-0.4, -0.2) is 34.3 Å². The Balaban J connectivity index is 1.62. The van der Waals surface area contributed by atoms with Crippen LogP contribution in [0.3, 0.4) is 0 Å². The van der Waals surface area contributed by atoms with Crippen LogP contribution in [0.15, 0.2) is 36.5 Å². The first kappa shape index (κ1) is 22.5. The van der Waals surface area contributed by atoms with Crippen LogP contribution in [0, 0.1) is 17.7 Å². The number of hydrogen-bond acceptors (Lipinski definition) is 3. The van der Waals surface area contributed by atoms with Gasteiger partial charge in [0, 0.05) is 12.7 Å². The fourth-order valence-corrected chi connectivity index (χ4v) is 4.54. The second kappa shape index (κ2) is 8.35. The summed E-state index contributed by atoms with van der Waals surface area (Å²) in [6.45, 7) is 1.61. The van der Waals surface area contributed by atoms with Gasteiger partial charge >= 0.3 is 6.18 Å². The molecule has 2 aromatic rings. The second-order valence-electron chi connectivity index (χ2n) is 8.38. The fraction of sp³-hybridized carbons (Fsp3) is 0.409. The minimum absolute atomic E-state index is 0.0113. The Hall–Kier alpha value is -2.68. The monoisotopic (exact) mass is 469 g/mol. The number of nitrogens with zero attached hydrogens (tertiary/aromatic N) is 3. The van der Waals surface area contributed by atoms with E-state index >= 15 is 0 Å². The van der Waals surface area contributed by atoms with E-state index < -0.39 is 42.0 Å². The number of aromatic nitrogens is 1. The molecular weight excluding hydrogens is 450 g/mol. The standard InChI is InChI=1S/C22H20ClF4N3O2/c1-12-6-14(7-12)19-21(32)30(20-17(24)8-16(23)9-28-20)11-18(31)29(19)10-13-2-4-15(5-3-13)22(25,26)27/h2-5,8-9,12,14,19H,6-7,10-11H2,1H3. The number of alkyl halides is 3. The van der Waals surface area contributed by atoms with Gasteiger partial charge in [-0.2, -0.15) is 13.2 Å². The van der Waals surface area contributed by atoms with Crippen LogP contribution in [0.4, 0.5) is 23.4 Å². The number of pyridine rings is 1. The summed E-state index contributed by atoms with van der Waals surface area (Å²) >= 11 is 5.75. The molecule has 2 aliphatic rings. The quantitative estimate of drug-likeness (QED) is 0.611. The van der Waals surface area contributed by atoms with E-state index in [1.54, 1.807) is 0 Å². The summed E-state index contributed by atoms with van der Waals surface area (Å²) < 4.78 is 53.0. The molecule has 1 saturated carbocycles. The van der Waals surface area contributed by atoms with Crippen molar-refractivity contribution in [3.8, 4) is 0 Å². The van der Waals surface area contributed by atoms with Crippen LogP contribution < -0.4 is 4.90 Å². The molecule has 0 radical (unpaired) electrons. The molecule has 5 nitrogen and oxygen atoms in total. The average Bonchev–Trinajstić information content (AvgIpc) is 2.69. The molecular formula is C22H20ClF4N3O2. The zero-order valence-corrected chi connectivity index (χ0v) is 17.8. The molecule has 0 bridgehead atoms. The van der Waals surface area contributed by atoms with Gasteiger partial charge in [0.25, 0.3) is 5.91 Å². The van der Waals surface area contributed by atoms with E-state index in [0.717, 1.165) is 35.9 Å². The first-order valence-corrected chi connectivity index (χ1v) is 10.5. The highest BCUT2D eigenvalue weighted by Crippen LogP contribution is 2.40. The number of amides is 2. The molecule has 32 heavy (non-hydrogen) atoms. The number of carbonyl (C=O) groups excluding carboxylic acids is 2. The van der Waals surface area contributed by atoms with Crippen molar-refractivity contribution in [3.05, 3.63) is 58.5 Å². The summed E-state index contributed by atoms with van der Waals surface area (Å²) in [7, 11) is 0. The lowest BCUT2D eigenvalue weighted by Gasteiger charge is -2.47. The van der Waals surface area contributed by atoms with Crippen molar-refractivity contribution < 1.29 is 27.2 Å². The zero-order chi connectivity index (χ0) is 23.2. The van der Waals surface area contributed by atoms with Crippen LogP contribution in [-0.2, 0) is 22.3 Å². The van der Waals surface area contributed by atoms with Crippen molar-refractivity contribution >= 4 is 29.2 Å². The number of rotatable bonds is 4. The normalized spacial score (nSPS) is 24.0. The maximum Gasteiger partial charge on any atom is 0.416 e. The summed E-state index contributed by atoms with van der Waals surface area (Å²) in [6, 6.07) is 4.68. The fourth-order valence-electron chi connectivity index (χ4n) is 4.40. The number of hydrogen-bond donors (Lipinski definition) is 0. The van der Waals surface area contributed by atoms with Gasteiger partial charge < -0.3 is 4.90 Å². The van der Waals surface area contributed by atoms with E-state index in [2.05, 4.69) is 4.98 Å². The van der Waals surface area contributed by atoms with Gasteiger partial charge in [-0.3, -0.25) is 14.5 Å². The first-order valence-electron chi connectivity index (χ1n) is 10.1. The van der Waals surface area contributed by atoms with Crippen molar-refractivity contribution in [2.45, 2.75) is 38.5 Å². The molecule has 170 valence electrons. The largest absolute Gasteiger partial charge is 0.416 e. The minimum Gasteiger partial charge on any atom is -0.324 e. The summed E-state index contributed by atoms with van der Waals surface area (Å²) in [6.07, 6.45) is -1.82. The van der Waals surface area contributed by atoms with Crippen LogP contribution in [0.5, 0.6) is 0 Å². The topological polar surface area (TPSA) is 53.5 Å². The predicted octanol–water partition coefficient (Wildman–Crippen LogP) is 4.68. The summed E-state index contributed by atoms with van der Waals surface area (Å²) in [4.78, 5) is 32.8. The molecule has 0 N–H and O–H groups in total. The first-order chi connectivity index (χ1) is 15.0. The summed E-state index contributed by atoms with van der Waals surface area (Å²) in [5, 5.41) is 0.0651. The van der Waals surface area contributed by atoms with E-state index in [-0.39, 0.29) is 23.3 Å². The maximum atomic E-state index is 14.4. The summed E-state index contributed by atoms with van der Waals surface area (Å²) in [5.41, 5.74) is -0.317. The molecule has 4 rings (SSSR count). The Kier molecular flexibility index (Phi) is 5.87. The van der Waals surface area contributed by atoms with E-state index in [9.17, 15) is 27.2 Å². The molecule has 2 amide bonds. The third-order valence-electron chi connectivity index (χ3n) is 6.00. The third-order valence-corrected chi connectivity index (χ3v) is 6.21. The van der Waals surface area contributed by atoms with Crippen molar-refractivity contribution in [2.24, 2.45) is 11.8 Å². The van der Waals surface area contributed by atoms with Gasteiger partial charge in [0.1, 0.15) is 12.6 Å². The van der Waals surface area contributed by atoms with Crippen molar-refractivity contribution in [1.82, 2.24) is 9.88 Å². The molecule has 10 heteroatoms. The molecule has 1 aliphatic heterocycles. The number of benzene rings is 1. The zero-order valence-electron chi connectivity index (χ0n) is 17.1. The highest BCUT2D eigenvalue weighted by atomic mass is 35.5. The lowest BCUT2D eigenvalue weighted by Crippen LogP contribution is -2.63. The van der Waals surface area contributed by atoms with Crippen molar-refractivity contribution in [1.29, 1.82) is 0 Å². The molecule has 1 aromatic carbocycles. The molecule has 2 fully saturated rings. The molecule has 1 aliphatic carbocycles. The van der Waals surface area contributed by atoms with E-state index in [0.29, 0.717) is 11.5 Å². The number of halogens is 5. The van der Waals surface area contributed by atoms with Gasteiger partial charge in [0.05, 0.1) is 10.6 Å². The molecule has 1 unspecified atom stereocenters. The van der Waals surface area contributed by atoms with Crippen LogP contribution >= 0.6 is 11.6 Å². The second-order valence-corrected chi connectivity index (χ2v) is 8.82. The Bertz CT molecular complexity index is 1040. The Labute approximate surface area is 187 Å². The predicted molar refractivity (Wildman–Crippen MR) is 109 cm³/mol. The van der Waals surface area contributed by atoms with Crippen molar-refractivity contribution in [3.63, 3.8) is 0 Å². The van der Waals surface area contributed by atoms with E-state index in [1.165, 1.54) is 23.2 Å². The molecule has 1 aromatic heterocycles. The number of anilines is 1. The SMILES string of the molecule is CC1CC(C2C(=O)N(c3ncc(Cl)cc3F)CC(=O)N2Cc2ccc(C(F)(F)F)cc2)C1. The van der Waals surface area contributed by atoms with E-state index in [1.807, 2.05) is 6.92 Å². The molecule has 2 heterocycles. The summed E-state index contributed by atoms with van der Waals surface area (Å²) in [5.74, 6) is -1.69. The van der Waals surface area contributed by atoms with Crippen LogP contribution in [0.1, 0.15) is 30.9 Å². The average molecular weight is 470 g/mol. The minimum atomic E-state index is -4.46. The third kappa shape index (κ3) is 4.30. The smallest absolute Gasteiger partial charge is 0.324 e. The van der Waals surface area contributed by atoms with Gasteiger partial charge in [0.2, 0.25) is 5.91 Å². The Morgan fingerprint density at radius 1 is 1.16 bits per heavy atom. The maximum absolute atomic E-state index is 14.4. The van der Waals surface area contributed by atoms with Crippen molar-refractivity contribution in [2.75, 3.05) is 11.4 Å². The van der Waals surface area contributed by atoms with Gasteiger partial charge in [-0.25, -0.2) is 9.37 Å². The molecule has 1 atom stereocenters. The van der Waals surface area contributed by atoms with Gasteiger partial charge in [0.15, 0.2) is 11.6 Å². The number of carbonyl (C=O) groups is 2. The molecule has 0 spiro atoms. The van der Waals surface area contributed by atoms with Crippen LogP contribution in [0.2, 0.25) is 5.02 Å².